The second-order valence-corrected chi connectivity index (χ2v) is 5.50. The van der Waals surface area contributed by atoms with E-state index < -0.39 is 81.8 Å². The number of hydrogen-bond donors (Lipinski definition) is 2. The van der Waals surface area contributed by atoms with Gasteiger partial charge in [0.25, 0.3) is 0 Å². The van der Waals surface area contributed by atoms with Crippen molar-refractivity contribution in [3.8, 4) is 0 Å². The van der Waals surface area contributed by atoms with Gasteiger partial charge in [-0.3, -0.25) is 19.2 Å². The molecule has 10 heteroatoms. The van der Waals surface area contributed by atoms with Crippen LogP contribution >= 0.6 is 0 Å². The molecule has 0 radical (unpaired) electrons. The van der Waals surface area contributed by atoms with Crippen LogP contribution in [0.25, 0.3) is 0 Å². The lowest BCUT2D eigenvalue weighted by Crippen LogP contribution is -2.66. The van der Waals surface area contributed by atoms with E-state index in [9.17, 15) is 24.3 Å². The van der Waals surface area contributed by atoms with Crippen LogP contribution < -0.4 is 5.32 Å². The maximum absolute atomic E-state index is 12.0. The fourth-order valence-corrected chi connectivity index (χ4v) is 2.45. The number of nitrogens with one attached hydrogen (secondary N) is 1. The van der Waals surface area contributed by atoms with Crippen LogP contribution in [-0.2, 0) is 38.1 Å². The first-order valence-electron chi connectivity index (χ1n) is 9.94. The second kappa shape index (κ2) is 10.1. The Bertz CT molecular complexity index is 592. The van der Waals surface area contributed by atoms with Gasteiger partial charge in [-0.2, -0.15) is 0 Å². The Morgan fingerprint density at radius 3 is 2.27 bits per heavy atom. The molecule has 1 aliphatic rings. The summed E-state index contributed by atoms with van der Waals surface area (Å²) in [6.07, 6.45) is -5.34. The minimum absolute atomic E-state index is 0.101. The molecule has 2 N–H and O–H groups in total. The van der Waals surface area contributed by atoms with Crippen molar-refractivity contribution in [2.75, 3.05) is 6.61 Å². The van der Waals surface area contributed by atoms with E-state index in [0.717, 1.165) is 0 Å². The standard InChI is InChI=1S/C16H25NO9/c1-5-6-12(21)17-13-15(25-10(4)20)14(24-9(3)19)11(26-16(13)22)7-23-8(2)18/h11,13-16,22H,5-7H2,1-4H3,(H,17,21)/t11-,13-,14-,15-,16?/m1/s1/i2D,3D,4D. The molecule has 1 saturated heterocycles. The van der Waals surface area contributed by atoms with E-state index in [-0.39, 0.29) is 6.42 Å². The maximum Gasteiger partial charge on any atom is 0.303 e. The number of carbonyl (C=O) groups is 4. The first-order chi connectivity index (χ1) is 13.8. The van der Waals surface area contributed by atoms with E-state index in [1.165, 1.54) is 0 Å². The Morgan fingerprint density at radius 2 is 1.69 bits per heavy atom. The van der Waals surface area contributed by atoms with Crippen molar-refractivity contribution in [2.45, 2.75) is 71.1 Å². The fourth-order valence-electron chi connectivity index (χ4n) is 2.45. The zero-order valence-electron chi connectivity index (χ0n) is 17.3. The van der Waals surface area contributed by atoms with Crippen LogP contribution in [0.3, 0.4) is 0 Å². The molecule has 0 aromatic heterocycles. The third-order valence-corrected chi connectivity index (χ3v) is 3.41. The van der Waals surface area contributed by atoms with Crippen molar-refractivity contribution in [1.82, 2.24) is 5.32 Å². The normalized spacial score (nSPS) is 29.5. The van der Waals surface area contributed by atoms with Crippen molar-refractivity contribution in [3.05, 3.63) is 0 Å². The topological polar surface area (TPSA) is 137 Å². The van der Waals surface area contributed by atoms with Crippen LogP contribution in [0.2, 0.25) is 0 Å². The number of carbonyl (C=O) groups excluding carboxylic acids is 4. The van der Waals surface area contributed by atoms with E-state index in [0.29, 0.717) is 6.42 Å². The van der Waals surface area contributed by atoms with Crippen molar-refractivity contribution < 1.29 is 47.3 Å². The molecule has 0 aromatic rings. The van der Waals surface area contributed by atoms with Crippen molar-refractivity contribution in [2.24, 2.45) is 0 Å². The average Bonchev–Trinajstić information content (AvgIpc) is 2.70. The monoisotopic (exact) mass is 378 g/mol. The molecule has 0 saturated carbocycles. The van der Waals surface area contributed by atoms with Crippen molar-refractivity contribution >= 4 is 23.8 Å². The number of hydrogen-bond acceptors (Lipinski definition) is 9. The van der Waals surface area contributed by atoms with Crippen LogP contribution in [0.1, 0.15) is 44.6 Å². The molecule has 0 aliphatic carbocycles. The van der Waals surface area contributed by atoms with Gasteiger partial charge < -0.3 is 29.4 Å². The quantitative estimate of drug-likeness (QED) is 0.440. The van der Waals surface area contributed by atoms with Gasteiger partial charge in [0.15, 0.2) is 18.5 Å². The highest BCUT2D eigenvalue weighted by Crippen LogP contribution is 2.26. The Labute approximate surface area is 155 Å². The number of esters is 3. The van der Waals surface area contributed by atoms with Crippen LogP contribution in [-0.4, -0.2) is 66.2 Å². The molecule has 1 rings (SSSR count). The number of rotatable bonds is 7. The molecule has 0 spiro atoms. The molecule has 148 valence electrons. The van der Waals surface area contributed by atoms with Crippen LogP contribution in [0.4, 0.5) is 0 Å². The molecule has 1 aliphatic heterocycles. The largest absolute Gasteiger partial charge is 0.463 e. The van der Waals surface area contributed by atoms with E-state index in [4.69, 9.17) is 23.1 Å². The number of aliphatic hydroxyl groups excluding tert-OH is 1. The van der Waals surface area contributed by atoms with Crippen LogP contribution in [0, 0.1) is 0 Å². The third kappa shape index (κ3) is 6.60. The van der Waals surface area contributed by atoms with Crippen molar-refractivity contribution in [3.63, 3.8) is 0 Å². The first kappa shape index (κ1) is 17.2. The minimum atomic E-state index is -1.72. The lowest BCUT2D eigenvalue weighted by atomic mass is 9.96. The lowest BCUT2D eigenvalue weighted by Gasteiger charge is -2.43. The highest BCUT2D eigenvalue weighted by molar-refractivity contribution is 5.76. The number of aliphatic hydroxyl groups is 1. The van der Waals surface area contributed by atoms with Crippen molar-refractivity contribution in [1.29, 1.82) is 0 Å². The van der Waals surface area contributed by atoms with Gasteiger partial charge in [-0.1, -0.05) is 6.92 Å². The Morgan fingerprint density at radius 1 is 1.08 bits per heavy atom. The van der Waals surface area contributed by atoms with Gasteiger partial charge in [0.05, 0.1) is 0 Å². The Balaban J connectivity index is 3.17. The van der Waals surface area contributed by atoms with Gasteiger partial charge in [0.1, 0.15) is 18.8 Å². The zero-order chi connectivity index (χ0) is 22.0. The molecule has 1 unspecified atom stereocenters. The predicted molar refractivity (Wildman–Crippen MR) is 85.5 cm³/mol. The van der Waals surface area contributed by atoms with Gasteiger partial charge in [-0.25, -0.2) is 0 Å². The zero-order valence-corrected chi connectivity index (χ0v) is 14.3. The summed E-state index contributed by atoms with van der Waals surface area (Å²) in [5.41, 5.74) is 0. The molecule has 1 fully saturated rings. The molecular formula is C16H25NO9. The lowest BCUT2D eigenvalue weighted by molar-refractivity contribution is -0.264. The minimum Gasteiger partial charge on any atom is -0.463 e. The highest BCUT2D eigenvalue weighted by Gasteiger charge is 2.50. The van der Waals surface area contributed by atoms with Gasteiger partial charge in [0.2, 0.25) is 5.91 Å². The summed E-state index contributed by atoms with van der Waals surface area (Å²) in [7, 11) is 0. The molecular weight excluding hydrogens is 350 g/mol. The smallest absolute Gasteiger partial charge is 0.303 e. The van der Waals surface area contributed by atoms with E-state index >= 15 is 0 Å². The summed E-state index contributed by atoms with van der Waals surface area (Å²) in [5, 5.41) is 12.8. The number of ether oxygens (including phenoxy) is 4. The summed E-state index contributed by atoms with van der Waals surface area (Å²) in [5.74, 6) is -3.44. The first-order valence-corrected chi connectivity index (χ1v) is 7.82. The molecule has 26 heavy (non-hydrogen) atoms. The van der Waals surface area contributed by atoms with Gasteiger partial charge in [-0.15, -0.1) is 0 Å². The SMILES string of the molecule is [2H]CC(=O)OC[C@H]1OC(O)[C@H](NC(=O)CCC)[C@@H](OC(=O)C[2H])[C@@H]1OC(=O)C[2H]. The van der Waals surface area contributed by atoms with Crippen LogP contribution in [0.15, 0.2) is 0 Å². The summed E-state index contributed by atoms with van der Waals surface area (Å²) < 4.78 is 41.5. The van der Waals surface area contributed by atoms with E-state index in [1.807, 2.05) is 0 Å². The third-order valence-electron chi connectivity index (χ3n) is 3.41. The summed E-state index contributed by atoms with van der Waals surface area (Å²) in [6, 6.07) is -1.34. The fraction of sp³-hybridized carbons (Fsp3) is 0.750. The summed E-state index contributed by atoms with van der Waals surface area (Å²) in [6.45, 7) is -1.03. The highest BCUT2D eigenvalue weighted by atomic mass is 16.7. The molecule has 0 aromatic carbocycles. The maximum atomic E-state index is 12.0. The molecule has 1 heterocycles. The number of amides is 1. The molecule has 5 atom stereocenters. The molecule has 1 amide bonds. The van der Waals surface area contributed by atoms with Gasteiger partial charge in [-0.05, 0) is 6.42 Å². The van der Waals surface area contributed by atoms with Crippen LogP contribution in [0.5, 0.6) is 0 Å². The Hall–Kier alpha value is -2.20. The van der Waals surface area contributed by atoms with E-state index in [2.05, 4.69) is 5.32 Å². The average molecular weight is 378 g/mol. The summed E-state index contributed by atoms with van der Waals surface area (Å²) in [4.78, 5) is 46.7. The Kier molecular flexibility index (Phi) is 6.67. The molecule has 0 bridgehead atoms. The van der Waals surface area contributed by atoms with Gasteiger partial charge >= 0.3 is 17.9 Å². The van der Waals surface area contributed by atoms with Gasteiger partial charge in [0, 0.05) is 31.2 Å². The van der Waals surface area contributed by atoms with E-state index in [1.54, 1.807) is 6.92 Å². The molecule has 10 nitrogen and oxygen atoms in total. The predicted octanol–water partition coefficient (Wildman–Crippen LogP) is -0.585. The summed E-state index contributed by atoms with van der Waals surface area (Å²) >= 11 is 0. The second-order valence-electron chi connectivity index (χ2n) is 5.50.